The van der Waals surface area contributed by atoms with Crippen LogP contribution in [-0.2, 0) is 25.7 Å². The van der Waals surface area contributed by atoms with Crippen LogP contribution >= 0.6 is 0 Å². The largest absolute Gasteiger partial charge is 0.327 e. The van der Waals surface area contributed by atoms with E-state index in [1.165, 1.54) is 16.7 Å². The van der Waals surface area contributed by atoms with Crippen molar-refractivity contribution in [2.75, 3.05) is 0 Å². The van der Waals surface area contributed by atoms with Crippen molar-refractivity contribution in [3.63, 3.8) is 0 Å². The Kier molecular flexibility index (Phi) is 4.39. The van der Waals surface area contributed by atoms with Crippen molar-refractivity contribution in [3.05, 3.63) is 70.3 Å². The number of carbonyl (C=O) groups excluding carboxylic acids is 1. The minimum atomic E-state index is 0.196. The van der Waals surface area contributed by atoms with Crippen molar-refractivity contribution in [2.45, 2.75) is 45.1 Å². The number of rotatable bonds is 4. The van der Waals surface area contributed by atoms with E-state index in [9.17, 15) is 4.79 Å². The summed E-state index contributed by atoms with van der Waals surface area (Å²) in [4.78, 5) is 12.5. The number of fused-ring (bicyclic) bond motifs is 1. The molecule has 2 aromatic carbocycles. The lowest BCUT2D eigenvalue weighted by molar-refractivity contribution is 0.0993. The van der Waals surface area contributed by atoms with Crippen LogP contribution in [0.3, 0.4) is 0 Å². The maximum absolute atomic E-state index is 12.5. The van der Waals surface area contributed by atoms with Crippen LogP contribution in [0.4, 0.5) is 0 Å². The zero-order valence-electron chi connectivity index (χ0n) is 13.1. The summed E-state index contributed by atoms with van der Waals surface area (Å²) in [5.74, 6) is 0.196. The van der Waals surface area contributed by atoms with Gasteiger partial charge in [0.2, 0.25) is 0 Å². The molecule has 0 aliphatic heterocycles. The second-order valence-electron chi connectivity index (χ2n) is 6.26. The summed E-state index contributed by atoms with van der Waals surface area (Å²) in [6.07, 6.45) is 4.44. The monoisotopic (exact) mass is 293 g/mol. The summed E-state index contributed by atoms with van der Waals surface area (Å²) in [7, 11) is 0. The van der Waals surface area contributed by atoms with Gasteiger partial charge in [-0.2, -0.15) is 0 Å². The molecule has 2 aromatic rings. The summed E-state index contributed by atoms with van der Waals surface area (Å²) >= 11 is 0. The first-order valence-electron chi connectivity index (χ1n) is 8.14. The van der Waals surface area contributed by atoms with Crippen LogP contribution in [0.1, 0.15) is 46.0 Å². The summed E-state index contributed by atoms with van der Waals surface area (Å²) < 4.78 is 0. The highest BCUT2D eigenvalue weighted by molar-refractivity contribution is 5.97. The number of nitrogens with two attached hydrogens (primary N) is 1. The van der Waals surface area contributed by atoms with E-state index in [2.05, 4.69) is 43.3 Å². The zero-order chi connectivity index (χ0) is 15.5. The highest BCUT2D eigenvalue weighted by Crippen LogP contribution is 2.22. The average Bonchev–Trinajstić information content (AvgIpc) is 2.55. The Labute approximate surface area is 132 Å². The lowest BCUT2D eigenvalue weighted by Gasteiger charge is -2.21. The van der Waals surface area contributed by atoms with Crippen molar-refractivity contribution in [2.24, 2.45) is 5.73 Å². The smallest absolute Gasteiger partial charge is 0.167 e. The molecule has 0 saturated carbocycles. The van der Waals surface area contributed by atoms with E-state index in [1.54, 1.807) is 0 Å². The first-order valence-corrected chi connectivity index (χ1v) is 8.14. The first-order chi connectivity index (χ1) is 10.7. The van der Waals surface area contributed by atoms with E-state index in [1.807, 2.05) is 6.07 Å². The Bertz CT molecular complexity index is 673. The quantitative estimate of drug-likeness (QED) is 0.877. The molecule has 0 spiro atoms. The van der Waals surface area contributed by atoms with Crippen LogP contribution in [0.2, 0.25) is 0 Å². The summed E-state index contributed by atoms with van der Waals surface area (Å²) in [6, 6.07) is 14.7. The number of hydrogen-bond acceptors (Lipinski definition) is 2. The third-order valence-corrected chi connectivity index (χ3v) is 4.59. The van der Waals surface area contributed by atoms with Crippen molar-refractivity contribution in [1.82, 2.24) is 0 Å². The molecule has 0 bridgehead atoms. The molecule has 0 amide bonds. The SMILES string of the molecule is CCc1ccc(CC(=O)c2ccc3c(c2)CCC(N)C3)cc1. The predicted molar refractivity (Wildman–Crippen MR) is 90.3 cm³/mol. The fourth-order valence-corrected chi connectivity index (χ4v) is 3.14. The zero-order valence-corrected chi connectivity index (χ0v) is 13.1. The van der Waals surface area contributed by atoms with Crippen LogP contribution in [0, 0.1) is 0 Å². The highest BCUT2D eigenvalue weighted by atomic mass is 16.1. The van der Waals surface area contributed by atoms with Gasteiger partial charge in [-0.05, 0) is 54.0 Å². The minimum absolute atomic E-state index is 0.196. The number of Topliss-reactive ketones (excluding diaryl/α,β-unsaturated/α-hetero) is 1. The number of ketones is 1. The van der Waals surface area contributed by atoms with Gasteiger partial charge in [-0.25, -0.2) is 0 Å². The normalized spacial score (nSPS) is 17.1. The molecule has 2 N–H and O–H groups in total. The maximum Gasteiger partial charge on any atom is 0.167 e. The Morgan fingerprint density at radius 1 is 1.09 bits per heavy atom. The molecule has 1 atom stereocenters. The average molecular weight is 293 g/mol. The molecule has 0 heterocycles. The van der Waals surface area contributed by atoms with Crippen molar-refractivity contribution in [3.8, 4) is 0 Å². The third-order valence-electron chi connectivity index (χ3n) is 4.59. The lowest BCUT2D eigenvalue weighted by atomic mass is 9.87. The Balaban J connectivity index is 1.74. The highest BCUT2D eigenvalue weighted by Gasteiger charge is 2.17. The molecule has 114 valence electrons. The van der Waals surface area contributed by atoms with Gasteiger partial charge in [-0.3, -0.25) is 4.79 Å². The topological polar surface area (TPSA) is 43.1 Å². The molecule has 1 aliphatic carbocycles. The third kappa shape index (κ3) is 3.28. The molecule has 0 fully saturated rings. The van der Waals surface area contributed by atoms with E-state index >= 15 is 0 Å². The van der Waals surface area contributed by atoms with Crippen molar-refractivity contribution >= 4 is 5.78 Å². The van der Waals surface area contributed by atoms with Crippen molar-refractivity contribution < 1.29 is 4.79 Å². The van der Waals surface area contributed by atoms with Gasteiger partial charge in [0, 0.05) is 18.0 Å². The standard InChI is InChI=1S/C20H23NO/c1-2-14-3-5-15(6-4-14)11-20(22)18-8-7-17-13-19(21)10-9-16(17)12-18/h3-8,12,19H,2,9-11,13,21H2,1H3. The Hall–Kier alpha value is -1.93. The van der Waals surface area contributed by atoms with E-state index in [-0.39, 0.29) is 11.8 Å². The lowest BCUT2D eigenvalue weighted by Crippen LogP contribution is -2.28. The molecule has 1 aliphatic rings. The van der Waals surface area contributed by atoms with Crippen molar-refractivity contribution in [1.29, 1.82) is 0 Å². The van der Waals surface area contributed by atoms with Gasteiger partial charge in [-0.1, -0.05) is 43.3 Å². The van der Waals surface area contributed by atoms with Crippen LogP contribution in [0.15, 0.2) is 42.5 Å². The molecule has 0 aromatic heterocycles. The number of aryl methyl sites for hydroxylation is 2. The molecule has 0 radical (unpaired) electrons. The minimum Gasteiger partial charge on any atom is -0.327 e. The molecule has 3 rings (SSSR count). The van der Waals surface area contributed by atoms with Gasteiger partial charge in [0.25, 0.3) is 0 Å². The van der Waals surface area contributed by atoms with Crippen LogP contribution in [0.25, 0.3) is 0 Å². The van der Waals surface area contributed by atoms with Gasteiger partial charge in [0.1, 0.15) is 0 Å². The number of hydrogen-bond donors (Lipinski definition) is 1. The van der Waals surface area contributed by atoms with E-state index < -0.39 is 0 Å². The molecular weight excluding hydrogens is 270 g/mol. The maximum atomic E-state index is 12.5. The molecule has 2 heteroatoms. The second kappa shape index (κ2) is 6.45. The number of benzene rings is 2. The van der Waals surface area contributed by atoms with E-state index in [0.717, 1.165) is 36.8 Å². The molecule has 0 saturated heterocycles. The first kappa shape index (κ1) is 15.0. The molecule has 22 heavy (non-hydrogen) atoms. The summed E-state index contributed by atoms with van der Waals surface area (Å²) in [5.41, 5.74) is 11.8. The summed E-state index contributed by atoms with van der Waals surface area (Å²) in [5, 5.41) is 0. The fourth-order valence-electron chi connectivity index (χ4n) is 3.14. The molecule has 1 unspecified atom stereocenters. The predicted octanol–water partition coefficient (Wildman–Crippen LogP) is 3.49. The number of carbonyl (C=O) groups is 1. The van der Waals surface area contributed by atoms with Gasteiger partial charge >= 0.3 is 0 Å². The fraction of sp³-hybridized carbons (Fsp3) is 0.350. The van der Waals surface area contributed by atoms with E-state index in [0.29, 0.717) is 6.42 Å². The molecular formula is C20H23NO. The van der Waals surface area contributed by atoms with Crippen LogP contribution in [-0.4, -0.2) is 11.8 Å². The van der Waals surface area contributed by atoms with E-state index in [4.69, 9.17) is 5.73 Å². The molecule has 2 nitrogen and oxygen atoms in total. The van der Waals surface area contributed by atoms with Gasteiger partial charge < -0.3 is 5.73 Å². The van der Waals surface area contributed by atoms with Gasteiger partial charge in [-0.15, -0.1) is 0 Å². The van der Waals surface area contributed by atoms with Crippen LogP contribution in [0.5, 0.6) is 0 Å². The summed E-state index contributed by atoms with van der Waals surface area (Å²) in [6.45, 7) is 2.14. The van der Waals surface area contributed by atoms with Gasteiger partial charge in [0.05, 0.1) is 0 Å². The Morgan fingerprint density at radius 2 is 1.82 bits per heavy atom. The Morgan fingerprint density at radius 3 is 2.55 bits per heavy atom. The van der Waals surface area contributed by atoms with Crippen LogP contribution < -0.4 is 5.73 Å². The van der Waals surface area contributed by atoms with Gasteiger partial charge in [0.15, 0.2) is 5.78 Å². The second-order valence-corrected chi connectivity index (χ2v) is 6.26.